The van der Waals surface area contributed by atoms with Gasteiger partial charge in [0.15, 0.2) is 0 Å². The van der Waals surface area contributed by atoms with Crippen LogP contribution in [0.1, 0.15) is 31.7 Å². The molecule has 1 N–H and O–H groups in total. The van der Waals surface area contributed by atoms with Crippen LogP contribution in [0.4, 0.5) is 0 Å². The van der Waals surface area contributed by atoms with Crippen LogP contribution in [-0.4, -0.2) is 5.11 Å². The van der Waals surface area contributed by atoms with Gasteiger partial charge in [-0.15, -0.1) is 0 Å². The van der Waals surface area contributed by atoms with Crippen LogP contribution in [0.3, 0.4) is 0 Å². The first-order valence-corrected chi connectivity index (χ1v) is 5.95. The summed E-state index contributed by atoms with van der Waals surface area (Å²) in [4.78, 5) is 0. The Kier molecular flexibility index (Phi) is 2.67. The van der Waals surface area contributed by atoms with E-state index in [1.54, 1.807) is 0 Å². The summed E-state index contributed by atoms with van der Waals surface area (Å²) in [5, 5.41) is 10.3. The quantitative estimate of drug-likeness (QED) is 0.876. The number of hydrogen-bond donors (Lipinski definition) is 1. The number of halogens is 1. The summed E-state index contributed by atoms with van der Waals surface area (Å²) in [6.07, 6.45) is 3.19. The van der Waals surface area contributed by atoms with E-state index in [0.717, 1.165) is 29.3 Å². The van der Waals surface area contributed by atoms with Crippen LogP contribution in [0.2, 0.25) is 0 Å². The second-order valence-corrected chi connectivity index (χ2v) is 4.95. The van der Waals surface area contributed by atoms with Crippen molar-refractivity contribution < 1.29 is 5.11 Å². The highest BCUT2D eigenvalue weighted by molar-refractivity contribution is 9.10. The van der Waals surface area contributed by atoms with Crippen molar-refractivity contribution in [3.8, 4) is 0 Å². The molecule has 1 fully saturated rings. The molecular weight excluding hydrogens is 240 g/mol. The Hall–Kier alpha value is -0.340. The summed E-state index contributed by atoms with van der Waals surface area (Å²) in [5.41, 5.74) is 0.509. The summed E-state index contributed by atoms with van der Waals surface area (Å²) in [5.74, 6) is 0.464. The van der Waals surface area contributed by atoms with Crippen LogP contribution >= 0.6 is 15.9 Å². The largest absolute Gasteiger partial charge is 0.385 e. The van der Waals surface area contributed by atoms with Crippen LogP contribution in [0, 0.1) is 5.92 Å². The van der Waals surface area contributed by atoms with Gasteiger partial charge >= 0.3 is 0 Å². The van der Waals surface area contributed by atoms with Gasteiger partial charge in [0.1, 0.15) is 0 Å². The highest BCUT2D eigenvalue weighted by Crippen LogP contribution is 2.55. The molecule has 1 saturated carbocycles. The highest BCUT2D eigenvalue weighted by Gasteiger charge is 2.53. The van der Waals surface area contributed by atoms with Crippen LogP contribution in [0.25, 0.3) is 0 Å². The lowest BCUT2D eigenvalue weighted by Crippen LogP contribution is -2.09. The van der Waals surface area contributed by atoms with Gasteiger partial charge in [-0.1, -0.05) is 47.5 Å². The first-order valence-electron chi connectivity index (χ1n) is 5.16. The van der Waals surface area contributed by atoms with Crippen molar-refractivity contribution in [2.24, 2.45) is 5.92 Å². The molecule has 0 spiro atoms. The topological polar surface area (TPSA) is 20.2 Å². The highest BCUT2D eigenvalue weighted by atomic mass is 79.9. The molecule has 0 bridgehead atoms. The number of aliphatic hydroxyl groups is 1. The van der Waals surface area contributed by atoms with Gasteiger partial charge in [0.25, 0.3) is 0 Å². The molecule has 2 unspecified atom stereocenters. The molecule has 14 heavy (non-hydrogen) atoms. The van der Waals surface area contributed by atoms with Crippen molar-refractivity contribution in [2.45, 2.75) is 31.8 Å². The van der Waals surface area contributed by atoms with Crippen molar-refractivity contribution >= 4 is 15.9 Å². The molecule has 0 radical (unpaired) electrons. The van der Waals surface area contributed by atoms with Gasteiger partial charge in [0.05, 0.1) is 5.60 Å². The third-order valence-corrected chi connectivity index (χ3v) is 3.74. The minimum Gasteiger partial charge on any atom is -0.385 e. The van der Waals surface area contributed by atoms with E-state index in [1.165, 1.54) is 0 Å². The molecule has 1 nitrogen and oxygen atoms in total. The Bertz CT molecular complexity index is 337. The van der Waals surface area contributed by atoms with E-state index in [1.807, 2.05) is 24.3 Å². The molecule has 76 valence electrons. The van der Waals surface area contributed by atoms with Crippen LogP contribution in [-0.2, 0) is 5.60 Å². The van der Waals surface area contributed by atoms with Crippen LogP contribution in [0.5, 0.6) is 0 Å². The molecule has 2 heteroatoms. The average Bonchev–Trinajstić information content (AvgIpc) is 2.79. The molecule has 1 aromatic carbocycles. The maximum Gasteiger partial charge on any atom is 0.0940 e. The summed E-state index contributed by atoms with van der Waals surface area (Å²) < 4.78 is 1.03. The lowest BCUT2D eigenvalue weighted by atomic mass is 10.0. The van der Waals surface area contributed by atoms with E-state index in [-0.39, 0.29) is 0 Å². The van der Waals surface area contributed by atoms with E-state index < -0.39 is 5.60 Å². The fourth-order valence-electron chi connectivity index (χ4n) is 2.15. The van der Waals surface area contributed by atoms with Gasteiger partial charge in [0.2, 0.25) is 0 Å². The van der Waals surface area contributed by atoms with Gasteiger partial charge in [-0.2, -0.15) is 0 Å². The molecule has 0 aromatic heterocycles. The average molecular weight is 255 g/mol. The molecule has 1 aromatic rings. The maximum atomic E-state index is 10.3. The second kappa shape index (κ2) is 3.67. The molecule has 1 aliphatic rings. The van der Waals surface area contributed by atoms with Crippen molar-refractivity contribution in [3.05, 3.63) is 34.3 Å². The molecular formula is C12H15BrO. The predicted molar refractivity (Wildman–Crippen MR) is 61.1 cm³/mol. The number of hydrogen-bond acceptors (Lipinski definition) is 1. The molecule has 2 rings (SSSR count). The third kappa shape index (κ3) is 1.61. The van der Waals surface area contributed by atoms with Crippen molar-refractivity contribution in [2.75, 3.05) is 0 Å². The van der Waals surface area contributed by atoms with Gasteiger partial charge in [0, 0.05) is 4.47 Å². The Balaban J connectivity index is 2.21. The van der Waals surface area contributed by atoms with Crippen LogP contribution < -0.4 is 0 Å². The fourth-order valence-corrected chi connectivity index (χ4v) is 2.78. The number of rotatable bonds is 3. The standard InChI is InChI=1S/C12H15BrO/c1-2-5-9-8-12(9,14)10-6-3-4-7-11(10)13/h3-4,6-7,9,14H,2,5,8H2,1H3. The Morgan fingerprint density at radius 1 is 1.50 bits per heavy atom. The maximum absolute atomic E-state index is 10.3. The van der Waals surface area contributed by atoms with Gasteiger partial charge < -0.3 is 5.11 Å². The van der Waals surface area contributed by atoms with Crippen molar-refractivity contribution in [3.63, 3.8) is 0 Å². The molecule has 2 atom stereocenters. The SMILES string of the molecule is CCCC1CC1(O)c1ccccc1Br. The molecule has 0 aliphatic heterocycles. The summed E-state index contributed by atoms with van der Waals surface area (Å²) in [6, 6.07) is 7.97. The van der Waals surface area contributed by atoms with E-state index in [9.17, 15) is 5.11 Å². The monoisotopic (exact) mass is 254 g/mol. The zero-order valence-corrected chi connectivity index (χ0v) is 9.92. The fraction of sp³-hybridized carbons (Fsp3) is 0.500. The zero-order chi connectivity index (χ0) is 10.2. The molecule has 0 amide bonds. The second-order valence-electron chi connectivity index (χ2n) is 4.09. The molecule has 0 saturated heterocycles. The van der Waals surface area contributed by atoms with E-state index in [4.69, 9.17) is 0 Å². The predicted octanol–water partition coefficient (Wildman–Crippen LogP) is 3.46. The van der Waals surface area contributed by atoms with Gasteiger partial charge in [-0.3, -0.25) is 0 Å². The Morgan fingerprint density at radius 3 is 2.86 bits per heavy atom. The van der Waals surface area contributed by atoms with Crippen molar-refractivity contribution in [1.82, 2.24) is 0 Å². The lowest BCUT2D eigenvalue weighted by molar-refractivity contribution is 0.128. The van der Waals surface area contributed by atoms with E-state index >= 15 is 0 Å². The Morgan fingerprint density at radius 2 is 2.21 bits per heavy atom. The van der Waals surface area contributed by atoms with Crippen LogP contribution in [0.15, 0.2) is 28.7 Å². The smallest absolute Gasteiger partial charge is 0.0940 e. The van der Waals surface area contributed by atoms with Gasteiger partial charge in [-0.25, -0.2) is 0 Å². The summed E-state index contributed by atoms with van der Waals surface area (Å²) in [6.45, 7) is 2.17. The third-order valence-electron chi connectivity index (χ3n) is 3.05. The zero-order valence-electron chi connectivity index (χ0n) is 8.33. The minimum atomic E-state index is -0.546. The Labute approximate surface area is 93.3 Å². The first kappa shape index (κ1) is 10.2. The lowest BCUT2D eigenvalue weighted by Gasteiger charge is -2.12. The normalized spacial score (nSPS) is 30.4. The minimum absolute atomic E-state index is 0.464. The van der Waals surface area contributed by atoms with E-state index in [2.05, 4.69) is 22.9 Å². The summed E-state index contributed by atoms with van der Waals surface area (Å²) >= 11 is 3.49. The van der Waals surface area contributed by atoms with Crippen molar-refractivity contribution in [1.29, 1.82) is 0 Å². The first-order chi connectivity index (χ1) is 6.68. The summed E-state index contributed by atoms with van der Waals surface area (Å²) in [7, 11) is 0. The molecule has 1 aliphatic carbocycles. The number of benzene rings is 1. The molecule has 0 heterocycles. The van der Waals surface area contributed by atoms with E-state index in [0.29, 0.717) is 5.92 Å². The van der Waals surface area contributed by atoms with Gasteiger partial charge in [-0.05, 0) is 30.4 Å².